The van der Waals surface area contributed by atoms with Crippen LogP contribution in [0.2, 0.25) is 0 Å². The van der Waals surface area contributed by atoms with Crippen molar-refractivity contribution in [1.29, 1.82) is 0 Å². The van der Waals surface area contributed by atoms with Gasteiger partial charge in [0.15, 0.2) is 0 Å². The molecule has 0 atom stereocenters. The highest BCUT2D eigenvalue weighted by atomic mass is 19.4. The minimum atomic E-state index is -4.74. The highest BCUT2D eigenvalue weighted by Gasteiger charge is 2.31. The molecular formula is C11H13F3N2O2. The highest BCUT2D eigenvalue weighted by Crippen LogP contribution is 2.25. The standard InChI is InChI=1S/C11H13F3N2O2/c1-15-7-10(17)16-6-8-4-2-3-5-9(8)18-11(12,13)14/h2-5,15H,6-7H2,1H3,(H,16,17). The van der Waals surface area contributed by atoms with Crippen molar-refractivity contribution in [3.05, 3.63) is 29.8 Å². The molecule has 0 saturated carbocycles. The van der Waals surface area contributed by atoms with Crippen molar-refractivity contribution in [3.63, 3.8) is 0 Å². The Bertz CT molecular complexity index is 408. The first kappa shape index (κ1) is 14.3. The number of halogens is 3. The third-order valence-electron chi connectivity index (χ3n) is 2.01. The van der Waals surface area contributed by atoms with E-state index in [1.165, 1.54) is 18.2 Å². The Labute approximate surface area is 102 Å². The van der Waals surface area contributed by atoms with Crippen LogP contribution in [0.3, 0.4) is 0 Å². The number of ether oxygens (including phenoxy) is 1. The maximum absolute atomic E-state index is 12.1. The van der Waals surface area contributed by atoms with Crippen molar-refractivity contribution in [1.82, 2.24) is 10.6 Å². The summed E-state index contributed by atoms with van der Waals surface area (Å²) in [6.45, 7) is 0.0784. The third kappa shape index (κ3) is 5.05. The van der Waals surface area contributed by atoms with Crippen LogP contribution in [0.1, 0.15) is 5.56 Å². The topological polar surface area (TPSA) is 50.4 Å². The molecule has 100 valence electrons. The Hall–Kier alpha value is -1.76. The first-order valence-electron chi connectivity index (χ1n) is 5.17. The van der Waals surface area contributed by atoms with Crippen LogP contribution in [-0.4, -0.2) is 25.9 Å². The van der Waals surface area contributed by atoms with Crippen LogP contribution in [0.15, 0.2) is 24.3 Å². The van der Waals surface area contributed by atoms with Gasteiger partial charge < -0.3 is 15.4 Å². The van der Waals surface area contributed by atoms with Crippen LogP contribution in [0, 0.1) is 0 Å². The van der Waals surface area contributed by atoms with Crippen molar-refractivity contribution in [2.75, 3.05) is 13.6 Å². The van der Waals surface area contributed by atoms with Gasteiger partial charge in [-0.05, 0) is 13.1 Å². The maximum atomic E-state index is 12.1. The molecule has 0 aliphatic rings. The smallest absolute Gasteiger partial charge is 0.405 e. The van der Waals surface area contributed by atoms with E-state index in [2.05, 4.69) is 15.4 Å². The number of alkyl halides is 3. The van der Waals surface area contributed by atoms with Crippen molar-refractivity contribution in [3.8, 4) is 5.75 Å². The summed E-state index contributed by atoms with van der Waals surface area (Å²) in [5.41, 5.74) is 0.263. The monoisotopic (exact) mass is 262 g/mol. The van der Waals surface area contributed by atoms with Crippen LogP contribution in [0.25, 0.3) is 0 Å². The molecule has 18 heavy (non-hydrogen) atoms. The number of rotatable bonds is 5. The van der Waals surface area contributed by atoms with Gasteiger partial charge in [-0.3, -0.25) is 4.79 Å². The average Bonchev–Trinajstić information content (AvgIpc) is 2.26. The van der Waals surface area contributed by atoms with Crippen molar-refractivity contribution >= 4 is 5.91 Å². The Morgan fingerprint density at radius 3 is 2.61 bits per heavy atom. The van der Waals surface area contributed by atoms with E-state index in [4.69, 9.17) is 0 Å². The number of benzene rings is 1. The molecule has 2 N–H and O–H groups in total. The summed E-state index contributed by atoms with van der Waals surface area (Å²) < 4.78 is 40.2. The summed E-state index contributed by atoms with van der Waals surface area (Å²) in [7, 11) is 1.60. The second-order valence-corrected chi connectivity index (χ2v) is 3.46. The van der Waals surface area contributed by atoms with Gasteiger partial charge in [-0.15, -0.1) is 13.2 Å². The molecule has 0 heterocycles. The fourth-order valence-electron chi connectivity index (χ4n) is 1.29. The molecular weight excluding hydrogens is 249 g/mol. The average molecular weight is 262 g/mol. The molecule has 0 radical (unpaired) electrons. The van der Waals surface area contributed by atoms with Crippen LogP contribution in [-0.2, 0) is 11.3 Å². The molecule has 1 amide bonds. The first-order valence-corrected chi connectivity index (χ1v) is 5.17. The van der Waals surface area contributed by atoms with Crippen LogP contribution in [0.5, 0.6) is 5.75 Å². The largest absolute Gasteiger partial charge is 0.573 e. The zero-order chi connectivity index (χ0) is 13.6. The Balaban J connectivity index is 2.67. The van der Waals surface area contributed by atoms with E-state index in [-0.39, 0.29) is 30.3 Å². The lowest BCUT2D eigenvalue weighted by Crippen LogP contribution is -2.32. The number of carbonyl (C=O) groups is 1. The summed E-state index contributed by atoms with van der Waals surface area (Å²) in [5.74, 6) is -0.617. The second kappa shape index (κ2) is 6.25. The summed E-state index contributed by atoms with van der Waals surface area (Å²) in [6, 6.07) is 5.66. The molecule has 0 fully saturated rings. The van der Waals surface area contributed by atoms with E-state index in [1.807, 2.05) is 0 Å². The number of para-hydroxylation sites is 1. The lowest BCUT2D eigenvalue weighted by Gasteiger charge is -2.13. The minimum absolute atomic E-state index is 0.0211. The fraction of sp³-hybridized carbons (Fsp3) is 0.364. The fourth-order valence-corrected chi connectivity index (χ4v) is 1.29. The number of amides is 1. The van der Waals surface area contributed by atoms with E-state index < -0.39 is 6.36 Å². The summed E-state index contributed by atoms with van der Waals surface area (Å²) in [6.07, 6.45) is -4.74. The third-order valence-corrected chi connectivity index (χ3v) is 2.01. The van der Waals surface area contributed by atoms with E-state index in [0.29, 0.717) is 0 Å². The van der Waals surface area contributed by atoms with E-state index in [9.17, 15) is 18.0 Å². The van der Waals surface area contributed by atoms with Gasteiger partial charge in [0.1, 0.15) is 5.75 Å². The number of likely N-dealkylation sites (N-methyl/N-ethyl adjacent to an activating group) is 1. The van der Waals surface area contributed by atoms with Crippen molar-refractivity contribution < 1.29 is 22.7 Å². The summed E-state index contributed by atoms with van der Waals surface area (Å²) >= 11 is 0. The number of nitrogens with one attached hydrogen (secondary N) is 2. The molecule has 0 bridgehead atoms. The zero-order valence-electron chi connectivity index (χ0n) is 9.67. The first-order chi connectivity index (χ1) is 8.42. The molecule has 0 saturated heterocycles. The lowest BCUT2D eigenvalue weighted by molar-refractivity contribution is -0.274. The normalized spacial score (nSPS) is 11.1. The predicted molar refractivity (Wildman–Crippen MR) is 58.9 cm³/mol. The van der Waals surface area contributed by atoms with Gasteiger partial charge in [0, 0.05) is 12.1 Å². The summed E-state index contributed by atoms with van der Waals surface area (Å²) in [5, 5.41) is 5.11. The number of hydrogen-bond acceptors (Lipinski definition) is 3. The van der Waals surface area contributed by atoms with Gasteiger partial charge in [0.2, 0.25) is 5.91 Å². The molecule has 0 spiro atoms. The highest BCUT2D eigenvalue weighted by molar-refractivity contribution is 5.77. The van der Waals surface area contributed by atoms with Gasteiger partial charge >= 0.3 is 6.36 Å². The molecule has 1 aromatic carbocycles. The van der Waals surface area contributed by atoms with E-state index >= 15 is 0 Å². The SMILES string of the molecule is CNCC(=O)NCc1ccccc1OC(F)(F)F. The van der Waals surface area contributed by atoms with Gasteiger partial charge in [0.05, 0.1) is 6.54 Å². The molecule has 0 unspecified atom stereocenters. The van der Waals surface area contributed by atoms with Crippen LogP contribution >= 0.6 is 0 Å². The van der Waals surface area contributed by atoms with Crippen LogP contribution in [0.4, 0.5) is 13.2 Å². The van der Waals surface area contributed by atoms with Crippen LogP contribution < -0.4 is 15.4 Å². The Kier molecular flexibility index (Phi) is 4.96. The number of carbonyl (C=O) groups excluding carboxylic acids is 1. The molecule has 1 aromatic rings. The molecule has 4 nitrogen and oxygen atoms in total. The van der Waals surface area contributed by atoms with E-state index in [1.54, 1.807) is 13.1 Å². The van der Waals surface area contributed by atoms with Gasteiger partial charge in [-0.2, -0.15) is 0 Å². The Morgan fingerprint density at radius 2 is 2.00 bits per heavy atom. The van der Waals surface area contributed by atoms with Crippen molar-refractivity contribution in [2.24, 2.45) is 0 Å². The van der Waals surface area contributed by atoms with Gasteiger partial charge in [0.25, 0.3) is 0 Å². The molecule has 0 aliphatic heterocycles. The van der Waals surface area contributed by atoms with Crippen molar-refractivity contribution in [2.45, 2.75) is 12.9 Å². The molecule has 0 aromatic heterocycles. The predicted octanol–water partition coefficient (Wildman–Crippen LogP) is 1.42. The molecule has 7 heteroatoms. The van der Waals surface area contributed by atoms with E-state index in [0.717, 1.165) is 0 Å². The number of hydrogen-bond donors (Lipinski definition) is 2. The molecule has 1 rings (SSSR count). The lowest BCUT2D eigenvalue weighted by atomic mass is 10.2. The Morgan fingerprint density at radius 1 is 1.33 bits per heavy atom. The summed E-state index contributed by atoms with van der Waals surface area (Å²) in [4.78, 5) is 11.2. The van der Waals surface area contributed by atoms with Gasteiger partial charge in [-0.1, -0.05) is 18.2 Å². The zero-order valence-corrected chi connectivity index (χ0v) is 9.67. The second-order valence-electron chi connectivity index (χ2n) is 3.46. The molecule has 0 aliphatic carbocycles. The minimum Gasteiger partial charge on any atom is -0.405 e. The quantitative estimate of drug-likeness (QED) is 0.843. The van der Waals surface area contributed by atoms with Gasteiger partial charge in [-0.25, -0.2) is 0 Å². The maximum Gasteiger partial charge on any atom is 0.573 e.